The van der Waals surface area contributed by atoms with Crippen molar-refractivity contribution in [2.24, 2.45) is 10.9 Å². The number of sulfone groups is 1. The minimum Gasteiger partial charge on any atom is -0.495 e. The maximum absolute atomic E-state index is 12.2. The molecular weight excluding hydrogens is 396 g/mol. The Morgan fingerprint density at radius 1 is 1.42 bits per heavy atom. The van der Waals surface area contributed by atoms with Crippen LogP contribution >= 0.6 is 23.4 Å². The average Bonchev–Trinajstić information content (AvgIpc) is 2.97. The molecule has 0 bridgehead atoms. The van der Waals surface area contributed by atoms with Crippen LogP contribution in [0.2, 0.25) is 5.02 Å². The Balaban J connectivity index is 1.99. The number of anilines is 1. The lowest BCUT2D eigenvalue weighted by molar-refractivity contribution is -0.118. The normalized spacial score (nSPS) is 25.7. The molecule has 0 aromatic heterocycles. The quantitative estimate of drug-likeness (QED) is 0.750. The monoisotopic (exact) mass is 416 g/mol. The van der Waals surface area contributed by atoms with E-state index in [1.165, 1.54) is 18.9 Å². The highest BCUT2D eigenvalue weighted by molar-refractivity contribution is 8.16. The third-order valence-corrected chi connectivity index (χ3v) is 7.79. The first-order valence-corrected chi connectivity index (χ1v) is 11.4. The maximum atomic E-state index is 12.2. The Kier molecular flexibility index (Phi) is 5.55. The molecule has 2 heterocycles. The number of ether oxygens (including phenoxy) is 1. The number of thioether (sulfide) groups is 1. The van der Waals surface area contributed by atoms with Gasteiger partial charge in [-0.25, -0.2) is 8.42 Å². The minimum atomic E-state index is -3.10. The second-order valence-corrected chi connectivity index (χ2v) is 10.6. The summed E-state index contributed by atoms with van der Waals surface area (Å²) in [5.74, 6) is 0.690. The molecule has 6 nitrogen and oxygen atoms in total. The van der Waals surface area contributed by atoms with Gasteiger partial charge in [0.15, 0.2) is 15.0 Å². The van der Waals surface area contributed by atoms with Gasteiger partial charge in [-0.2, -0.15) is 4.99 Å². The van der Waals surface area contributed by atoms with E-state index in [0.717, 1.165) is 0 Å². The van der Waals surface area contributed by atoms with Crippen LogP contribution in [0.15, 0.2) is 23.2 Å². The van der Waals surface area contributed by atoms with E-state index in [0.29, 0.717) is 28.0 Å². The van der Waals surface area contributed by atoms with Crippen LogP contribution in [0.25, 0.3) is 0 Å². The molecule has 3 rings (SSSR count). The van der Waals surface area contributed by atoms with Gasteiger partial charge in [-0.3, -0.25) is 4.79 Å². The van der Waals surface area contributed by atoms with Crippen LogP contribution in [0, 0.1) is 5.92 Å². The molecule has 142 valence electrons. The Morgan fingerprint density at radius 2 is 2.15 bits per heavy atom. The van der Waals surface area contributed by atoms with Gasteiger partial charge in [0.2, 0.25) is 5.91 Å². The summed E-state index contributed by atoms with van der Waals surface area (Å²) in [5.41, 5.74) is 0.712. The predicted octanol–water partition coefficient (Wildman–Crippen LogP) is 3.00. The molecule has 2 aliphatic rings. The Hall–Kier alpha value is -1.25. The van der Waals surface area contributed by atoms with Crippen molar-refractivity contribution in [1.29, 1.82) is 0 Å². The molecule has 2 fully saturated rings. The van der Waals surface area contributed by atoms with E-state index in [1.807, 2.05) is 18.7 Å². The van der Waals surface area contributed by atoms with Crippen molar-refractivity contribution in [2.45, 2.75) is 31.6 Å². The number of rotatable bonds is 4. The highest BCUT2D eigenvalue weighted by atomic mass is 35.5. The van der Waals surface area contributed by atoms with Crippen LogP contribution < -0.4 is 9.64 Å². The molecule has 0 unspecified atom stereocenters. The summed E-state index contributed by atoms with van der Waals surface area (Å²) < 4.78 is 29.3. The molecule has 0 aliphatic carbocycles. The van der Waals surface area contributed by atoms with Crippen LogP contribution in [-0.4, -0.2) is 49.4 Å². The number of carbonyl (C=O) groups excluding carboxylic acids is 1. The zero-order valence-corrected chi connectivity index (χ0v) is 17.2. The number of benzene rings is 1. The van der Waals surface area contributed by atoms with Gasteiger partial charge < -0.3 is 9.64 Å². The first-order valence-electron chi connectivity index (χ1n) is 8.31. The van der Waals surface area contributed by atoms with Crippen LogP contribution in [0.5, 0.6) is 5.75 Å². The highest BCUT2D eigenvalue weighted by Crippen LogP contribution is 2.42. The van der Waals surface area contributed by atoms with Crippen LogP contribution in [0.4, 0.5) is 5.69 Å². The number of methoxy groups -OCH3 is 1. The molecule has 0 radical (unpaired) electrons. The van der Waals surface area contributed by atoms with E-state index in [2.05, 4.69) is 4.99 Å². The molecule has 0 saturated carbocycles. The summed E-state index contributed by atoms with van der Waals surface area (Å²) in [6, 6.07) is 5.00. The van der Waals surface area contributed by atoms with Crippen LogP contribution in [0.1, 0.15) is 20.3 Å². The molecule has 1 aromatic rings. The van der Waals surface area contributed by atoms with Crippen molar-refractivity contribution < 1.29 is 17.9 Å². The van der Waals surface area contributed by atoms with Crippen LogP contribution in [0.3, 0.4) is 0 Å². The van der Waals surface area contributed by atoms with Gasteiger partial charge in [-0.1, -0.05) is 37.2 Å². The summed E-state index contributed by atoms with van der Waals surface area (Å²) in [7, 11) is -1.57. The van der Waals surface area contributed by atoms with Crippen LogP contribution in [-0.2, 0) is 14.6 Å². The Labute approximate surface area is 162 Å². The Bertz CT molecular complexity index is 854. The lowest BCUT2D eigenvalue weighted by Gasteiger charge is -2.25. The van der Waals surface area contributed by atoms with Crippen molar-refractivity contribution in [2.75, 3.05) is 23.5 Å². The fourth-order valence-electron chi connectivity index (χ4n) is 3.17. The largest absolute Gasteiger partial charge is 0.495 e. The van der Waals surface area contributed by atoms with Gasteiger partial charge in [0, 0.05) is 17.4 Å². The number of aliphatic imine (C=N–C) groups is 1. The van der Waals surface area contributed by atoms with Crippen molar-refractivity contribution in [3.8, 4) is 5.75 Å². The van der Waals surface area contributed by atoms with E-state index in [9.17, 15) is 13.2 Å². The van der Waals surface area contributed by atoms with E-state index in [-0.39, 0.29) is 34.6 Å². The number of hydrogen-bond donors (Lipinski definition) is 0. The number of halogens is 1. The molecule has 2 atom stereocenters. The van der Waals surface area contributed by atoms with E-state index in [4.69, 9.17) is 16.3 Å². The van der Waals surface area contributed by atoms with E-state index >= 15 is 0 Å². The van der Waals surface area contributed by atoms with Crippen molar-refractivity contribution in [3.63, 3.8) is 0 Å². The molecule has 1 amide bonds. The number of nitrogens with zero attached hydrogens (tertiary/aromatic N) is 2. The number of hydrogen-bond acceptors (Lipinski definition) is 5. The molecule has 1 aromatic carbocycles. The summed E-state index contributed by atoms with van der Waals surface area (Å²) >= 11 is 7.60. The number of fused-ring (bicyclic) bond motifs is 1. The molecule has 2 aliphatic heterocycles. The molecule has 0 N–H and O–H groups in total. The van der Waals surface area contributed by atoms with Gasteiger partial charge in [0.25, 0.3) is 0 Å². The number of amides is 1. The smallest absolute Gasteiger partial charge is 0.248 e. The Morgan fingerprint density at radius 3 is 2.77 bits per heavy atom. The summed E-state index contributed by atoms with van der Waals surface area (Å²) in [6.07, 6.45) is 0.356. The predicted molar refractivity (Wildman–Crippen MR) is 106 cm³/mol. The fourth-order valence-corrected chi connectivity index (χ4v) is 7.36. The van der Waals surface area contributed by atoms with Gasteiger partial charge in [0.1, 0.15) is 5.75 Å². The molecule has 9 heteroatoms. The molecule has 26 heavy (non-hydrogen) atoms. The first-order chi connectivity index (χ1) is 12.2. The summed E-state index contributed by atoms with van der Waals surface area (Å²) in [6.45, 7) is 3.92. The standard InChI is InChI=1S/C17H21ClN2O4S2/c1-10(2)6-16(21)19-17-20(11-4-5-14(24-3)12(18)7-11)13-8-26(22,23)9-15(13)25-17/h4-5,7,10,13,15H,6,8-9H2,1-3H3/t13-,15+/m1/s1. The third-order valence-electron chi connectivity index (χ3n) is 4.28. The second kappa shape index (κ2) is 7.40. The van der Waals surface area contributed by atoms with Crippen molar-refractivity contribution in [1.82, 2.24) is 0 Å². The van der Waals surface area contributed by atoms with Gasteiger partial charge >= 0.3 is 0 Å². The SMILES string of the molecule is COc1ccc(N2C(=NC(=O)CC(C)C)S[C@H]3CS(=O)(=O)C[C@H]32)cc1Cl. The van der Waals surface area contributed by atoms with Gasteiger partial charge in [-0.05, 0) is 24.1 Å². The van der Waals surface area contributed by atoms with Crippen molar-refractivity contribution in [3.05, 3.63) is 23.2 Å². The third kappa shape index (κ3) is 4.02. The number of carbonyl (C=O) groups is 1. The molecule has 0 spiro atoms. The van der Waals surface area contributed by atoms with Gasteiger partial charge in [-0.15, -0.1) is 0 Å². The average molecular weight is 417 g/mol. The lowest BCUT2D eigenvalue weighted by atomic mass is 10.1. The minimum absolute atomic E-state index is 0.0473. The first kappa shape index (κ1) is 19.5. The van der Waals surface area contributed by atoms with Gasteiger partial charge in [0.05, 0.1) is 29.7 Å². The maximum Gasteiger partial charge on any atom is 0.248 e. The van der Waals surface area contributed by atoms with E-state index in [1.54, 1.807) is 18.2 Å². The zero-order valence-electron chi connectivity index (χ0n) is 14.8. The topological polar surface area (TPSA) is 76.0 Å². The van der Waals surface area contributed by atoms with Crippen molar-refractivity contribution >= 4 is 50.0 Å². The lowest BCUT2D eigenvalue weighted by Crippen LogP contribution is -2.37. The summed E-state index contributed by atoms with van der Waals surface area (Å²) in [4.78, 5) is 18.3. The van der Waals surface area contributed by atoms with E-state index < -0.39 is 9.84 Å². The summed E-state index contributed by atoms with van der Waals surface area (Å²) in [5, 5.41) is 0.834. The molecular formula is C17H21ClN2O4S2. The highest BCUT2D eigenvalue weighted by Gasteiger charge is 2.49. The molecule has 2 saturated heterocycles. The zero-order chi connectivity index (χ0) is 19.1. The fraction of sp³-hybridized carbons (Fsp3) is 0.529. The number of amidine groups is 1. The second-order valence-electron chi connectivity index (χ2n) is 6.88.